The van der Waals surface area contributed by atoms with Crippen LogP contribution < -0.4 is 10.6 Å². The Morgan fingerprint density at radius 2 is 1.60 bits per heavy atom. The SMILES string of the molecule is CC(NC(=O)CC(CNC(=O)OCC1c2ccccc2-c2ccccc21)C1CC1)(C(=O)O)C1CC1. The molecule has 184 valence electrons. The molecule has 0 radical (unpaired) electrons. The monoisotopic (exact) mass is 476 g/mol. The Labute approximate surface area is 205 Å². The number of amides is 2. The molecule has 7 nitrogen and oxygen atoms in total. The highest BCUT2D eigenvalue weighted by Crippen LogP contribution is 2.44. The molecule has 3 aliphatic carbocycles. The molecule has 0 aliphatic heterocycles. The summed E-state index contributed by atoms with van der Waals surface area (Å²) in [6, 6.07) is 16.4. The van der Waals surface area contributed by atoms with Gasteiger partial charge in [-0.25, -0.2) is 9.59 Å². The Balaban J connectivity index is 1.15. The van der Waals surface area contributed by atoms with Crippen LogP contribution in [0.25, 0.3) is 11.1 Å². The molecule has 0 heterocycles. The lowest BCUT2D eigenvalue weighted by atomic mass is 9.93. The summed E-state index contributed by atoms with van der Waals surface area (Å²) in [6.45, 7) is 2.17. The van der Waals surface area contributed by atoms with Crippen LogP contribution in [0.5, 0.6) is 0 Å². The Morgan fingerprint density at radius 1 is 1.00 bits per heavy atom. The van der Waals surface area contributed by atoms with Gasteiger partial charge in [-0.3, -0.25) is 4.79 Å². The van der Waals surface area contributed by atoms with Gasteiger partial charge in [0.2, 0.25) is 5.91 Å². The third-order valence-corrected chi connectivity index (χ3v) is 7.83. The molecule has 5 rings (SSSR count). The second-order valence-corrected chi connectivity index (χ2v) is 10.3. The van der Waals surface area contributed by atoms with E-state index in [0.29, 0.717) is 12.5 Å². The third kappa shape index (κ3) is 4.90. The molecular formula is C28H32N2O5. The molecule has 3 aliphatic rings. The smallest absolute Gasteiger partial charge is 0.407 e. The number of carboxylic acid groups (broad SMARTS) is 1. The predicted molar refractivity (Wildman–Crippen MR) is 131 cm³/mol. The Bertz CT molecular complexity index is 1090. The number of alkyl carbamates (subject to hydrolysis) is 1. The van der Waals surface area contributed by atoms with Crippen molar-refractivity contribution in [3.63, 3.8) is 0 Å². The maximum absolute atomic E-state index is 12.7. The van der Waals surface area contributed by atoms with E-state index < -0.39 is 17.6 Å². The van der Waals surface area contributed by atoms with Gasteiger partial charge in [0.15, 0.2) is 0 Å². The first-order valence-electron chi connectivity index (χ1n) is 12.5. The molecule has 35 heavy (non-hydrogen) atoms. The molecule has 0 spiro atoms. The number of aliphatic carboxylic acids is 1. The zero-order valence-electron chi connectivity index (χ0n) is 20.0. The first-order chi connectivity index (χ1) is 16.9. The van der Waals surface area contributed by atoms with Gasteiger partial charge in [-0.1, -0.05) is 48.5 Å². The topological polar surface area (TPSA) is 105 Å². The van der Waals surface area contributed by atoms with Gasteiger partial charge in [0, 0.05) is 18.9 Å². The van der Waals surface area contributed by atoms with Crippen molar-refractivity contribution in [1.82, 2.24) is 10.6 Å². The average molecular weight is 477 g/mol. The summed E-state index contributed by atoms with van der Waals surface area (Å²) in [5, 5.41) is 15.2. The van der Waals surface area contributed by atoms with Gasteiger partial charge in [0.05, 0.1) is 0 Å². The van der Waals surface area contributed by atoms with Gasteiger partial charge in [-0.2, -0.15) is 0 Å². The minimum absolute atomic E-state index is 0.00530. The fourth-order valence-electron chi connectivity index (χ4n) is 5.41. The fraction of sp³-hybridized carbons (Fsp3) is 0.464. The van der Waals surface area contributed by atoms with Crippen LogP contribution in [0.4, 0.5) is 4.79 Å². The van der Waals surface area contributed by atoms with Crippen LogP contribution in [0.1, 0.15) is 56.1 Å². The third-order valence-electron chi connectivity index (χ3n) is 7.83. The molecule has 2 aromatic rings. The molecule has 3 N–H and O–H groups in total. The molecule has 0 bridgehead atoms. The van der Waals surface area contributed by atoms with Gasteiger partial charge in [0.25, 0.3) is 0 Å². The summed E-state index contributed by atoms with van der Waals surface area (Å²) in [4.78, 5) is 37.0. The van der Waals surface area contributed by atoms with Crippen LogP contribution in [0.15, 0.2) is 48.5 Å². The number of nitrogens with one attached hydrogen (secondary N) is 2. The lowest BCUT2D eigenvalue weighted by Crippen LogP contribution is -2.54. The van der Waals surface area contributed by atoms with E-state index in [9.17, 15) is 19.5 Å². The second kappa shape index (κ2) is 9.36. The maximum atomic E-state index is 12.7. The van der Waals surface area contributed by atoms with Crippen molar-refractivity contribution in [1.29, 1.82) is 0 Å². The Hall–Kier alpha value is -3.35. The quantitative estimate of drug-likeness (QED) is 0.474. The maximum Gasteiger partial charge on any atom is 0.407 e. The van der Waals surface area contributed by atoms with E-state index in [2.05, 4.69) is 34.9 Å². The van der Waals surface area contributed by atoms with E-state index in [4.69, 9.17) is 4.74 Å². The van der Waals surface area contributed by atoms with E-state index in [1.54, 1.807) is 6.92 Å². The summed E-state index contributed by atoms with van der Waals surface area (Å²) < 4.78 is 5.62. The van der Waals surface area contributed by atoms with Crippen LogP contribution >= 0.6 is 0 Å². The van der Waals surface area contributed by atoms with Gasteiger partial charge in [-0.15, -0.1) is 0 Å². The summed E-state index contributed by atoms with van der Waals surface area (Å²) in [5.41, 5.74) is 3.45. The van der Waals surface area contributed by atoms with Gasteiger partial charge >= 0.3 is 12.1 Å². The second-order valence-electron chi connectivity index (χ2n) is 10.3. The molecule has 7 heteroatoms. The zero-order chi connectivity index (χ0) is 24.6. The molecule has 2 atom stereocenters. The van der Waals surface area contributed by atoms with E-state index in [0.717, 1.165) is 36.8 Å². The summed E-state index contributed by atoms with van der Waals surface area (Å²) in [7, 11) is 0. The van der Waals surface area contributed by atoms with Gasteiger partial charge < -0.3 is 20.5 Å². The summed E-state index contributed by atoms with van der Waals surface area (Å²) >= 11 is 0. The highest BCUT2D eigenvalue weighted by molar-refractivity contribution is 5.87. The van der Waals surface area contributed by atoms with Crippen molar-refractivity contribution in [3.8, 4) is 11.1 Å². The predicted octanol–water partition coefficient (Wildman–Crippen LogP) is 4.31. The van der Waals surface area contributed by atoms with Crippen LogP contribution in [-0.2, 0) is 14.3 Å². The number of rotatable bonds is 10. The molecule has 2 aromatic carbocycles. The fourth-order valence-corrected chi connectivity index (χ4v) is 5.41. The van der Waals surface area contributed by atoms with Gasteiger partial charge in [0.1, 0.15) is 12.1 Å². The van der Waals surface area contributed by atoms with E-state index >= 15 is 0 Å². The lowest BCUT2D eigenvalue weighted by molar-refractivity contribution is -0.148. The van der Waals surface area contributed by atoms with Crippen molar-refractivity contribution in [2.75, 3.05) is 13.2 Å². The van der Waals surface area contributed by atoms with Crippen LogP contribution in [-0.4, -0.2) is 41.8 Å². The molecule has 0 saturated heterocycles. The van der Waals surface area contributed by atoms with Crippen LogP contribution in [0.2, 0.25) is 0 Å². The number of carbonyl (C=O) groups is 3. The first kappa shape index (κ1) is 23.4. The molecular weight excluding hydrogens is 444 g/mol. The van der Waals surface area contributed by atoms with Crippen molar-refractivity contribution in [3.05, 3.63) is 59.7 Å². The first-order valence-corrected chi connectivity index (χ1v) is 12.5. The normalized spacial score (nSPS) is 19.1. The number of carboxylic acids is 1. The summed E-state index contributed by atoms with van der Waals surface area (Å²) in [5.74, 6) is -0.947. The molecule has 2 saturated carbocycles. The Kier molecular flexibility index (Phi) is 6.26. The van der Waals surface area contributed by atoms with Crippen molar-refractivity contribution in [2.45, 2.75) is 50.5 Å². The lowest BCUT2D eigenvalue weighted by Gasteiger charge is -2.27. The number of fused-ring (bicyclic) bond motifs is 3. The van der Waals surface area contributed by atoms with Crippen LogP contribution in [0, 0.1) is 17.8 Å². The standard InChI is InChI=1S/C28H32N2O5/c1-28(26(32)33,19-12-13-19)30-25(31)14-18(17-10-11-17)15-29-27(34)35-16-24-22-8-4-2-6-20(22)21-7-3-5-9-23(21)24/h2-9,17-19,24H,10-16H2,1H3,(H,29,34)(H,30,31)(H,32,33). The molecule has 0 aromatic heterocycles. The summed E-state index contributed by atoms with van der Waals surface area (Å²) in [6.07, 6.45) is 3.37. The minimum Gasteiger partial charge on any atom is -0.480 e. The molecule has 2 unspecified atom stereocenters. The van der Waals surface area contributed by atoms with E-state index in [1.807, 2.05) is 24.3 Å². The van der Waals surface area contributed by atoms with Crippen molar-refractivity contribution in [2.24, 2.45) is 17.8 Å². The van der Waals surface area contributed by atoms with Crippen molar-refractivity contribution < 1.29 is 24.2 Å². The highest BCUT2D eigenvalue weighted by atomic mass is 16.5. The van der Waals surface area contributed by atoms with Crippen molar-refractivity contribution >= 4 is 18.0 Å². The van der Waals surface area contributed by atoms with E-state index in [-0.39, 0.29) is 36.7 Å². The number of benzene rings is 2. The highest BCUT2D eigenvalue weighted by Gasteiger charge is 2.49. The van der Waals surface area contributed by atoms with E-state index in [1.165, 1.54) is 11.1 Å². The Morgan fingerprint density at radius 3 is 2.14 bits per heavy atom. The largest absolute Gasteiger partial charge is 0.480 e. The average Bonchev–Trinajstić information content (AvgIpc) is 3.76. The van der Waals surface area contributed by atoms with Gasteiger partial charge in [-0.05, 0) is 72.6 Å². The van der Waals surface area contributed by atoms with Crippen LogP contribution in [0.3, 0.4) is 0 Å². The molecule has 2 fully saturated rings. The number of carbonyl (C=O) groups excluding carboxylic acids is 2. The zero-order valence-corrected chi connectivity index (χ0v) is 20.0. The number of hydrogen-bond donors (Lipinski definition) is 3. The number of ether oxygens (including phenoxy) is 1. The number of hydrogen-bond acceptors (Lipinski definition) is 4. The minimum atomic E-state index is -1.22. The molecule has 2 amide bonds.